The molecule has 2 unspecified atom stereocenters. The summed E-state index contributed by atoms with van der Waals surface area (Å²) >= 11 is 0. The van der Waals surface area contributed by atoms with E-state index in [-0.39, 0.29) is 12.4 Å². The number of carboxylic acids is 1. The van der Waals surface area contributed by atoms with E-state index in [1.807, 2.05) is 21.1 Å². The van der Waals surface area contributed by atoms with Crippen LogP contribution in [0.2, 0.25) is 0 Å². The first kappa shape index (κ1) is 31.9. The summed E-state index contributed by atoms with van der Waals surface area (Å²) in [5.74, 6) is -0.556. The van der Waals surface area contributed by atoms with Crippen molar-refractivity contribution < 1.29 is 23.9 Å². The molecule has 5 nitrogen and oxygen atoms in total. The van der Waals surface area contributed by atoms with Crippen molar-refractivity contribution in [1.29, 1.82) is 0 Å². The molecule has 0 aliphatic rings. The van der Waals surface area contributed by atoms with Crippen LogP contribution in [0.5, 0.6) is 0 Å². The fraction of sp³-hybridized carbons (Fsp3) is 0.929. The molecule has 0 radical (unpaired) electrons. The molecule has 5 heteroatoms. The van der Waals surface area contributed by atoms with Crippen molar-refractivity contribution in [2.75, 3.05) is 27.7 Å². The molecule has 0 aromatic heterocycles. The van der Waals surface area contributed by atoms with Gasteiger partial charge in [-0.25, -0.2) is 0 Å². The number of carbonyl (C=O) groups is 2. The molecule has 0 bridgehead atoms. The van der Waals surface area contributed by atoms with Gasteiger partial charge >= 0.3 is 5.97 Å². The van der Waals surface area contributed by atoms with Crippen molar-refractivity contribution in [2.45, 2.75) is 136 Å². The van der Waals surface area contributed by atoms with Gasteiger partial charge in [0.05, 0.1) is 21.1 Å². The molecule has 0 aliphatic heterocycles. The lowest BCUT2D eigenvalue weighted by atomic mass is 9.99. The Hall–Kier alpha value is -1.10. The van der Waals surface area contributed by atoms with Crippen molar-refractivity contribution in [2.24, 2.45) is 5.92 Å². The van der Waals surface area contributed by atoms with E-state index in [1.165, 1.54) is 83.5 Å². The number of quaternary nitrogens is 1. The minimum atomic E-state index is -1.17. The van der Waals surface area contributed by atoms with E-state index in [9.17, 15) is 14.7 Å². The molecule has 0 heterocycles. The third-order valence-electron chi connectivity index (χ3n) is 6.47. The third kappa shape index (κ3) is 23.8. The molecule has 0 aromatic carbocycles. The average Bonchev–Trinajstić information content (AvgIpc) is 2.71. The molecule has 2 atom stereocenters. The van der Waals surface area contributed by atoms with Gasteiger partial charge in [-0.2, -0.15) is 0 Å². The largest absolute Gasteiger partial charge is 0.550 e. The zero-order chi connectivity index (χ0) is 25.0. The number of aliphatic carboxylic acids is 1. The SMILES string of the molecule is CCC(C)CCCCCCCCCCCCCCCCC(=O)OC(CC(=O)[O-])C[N+](C)(C)C. The summed E-state index contributed by atoms with van der Waals surface area (Å²) in [7, 11) is 5.85. The molecule has 0 rings (SSSR count). The van der Waals surface area contributed by atoms with Crippen LogP contribution in [0.3, 0.4) is 0 Å². The number of likely N-dealkylation sites (N-methyl/N-ethyl adjacent to an activating group) is 1. The van der Waals surface area contributed by atoms with Crippen LogP contribution in [0.4, 0.5) is 0 Å². The zero-order valence-electron chi connectivity index (χ0n) is 22.7. The predicted molar refractivity (Wildman–Crippen MR) is 136 cm³/mol. The number of carboxylic acid groups (broad SMARTS) is 1. The van der Waals surface area contributed by atoms with Gasteiger partial charge in [0.25, 0.3) is 0 Å². The van der Waals surface area contributed by atoms with Crippen LogP contribution in [0.25, 0.3) is 0 Å². The van der Waals surface area contributed by atoms with Crippen LogP contribution in [0.1, 0.15) is 129 Å². The van der Waals surface area contributed by atoms with Crippen LogP contribution < -0.4 is 5.11 Å². The number of esters is 1. The second kappa shape index (κ2) is 20.3. The van der Waals surface area contributed by atoms with Gasteiger partial charge in [-0.15, -0.1) is 0 Å². The lowest BCUT2D eigenvalue weighted by molar-refractivity contribution is -0.873. The molecule has 33 heavy (non-hydrogen) atoms. The second-order valence-electron chi connectivity index (χ2n) is 11.2. The monoisotopic (exact) mass is 469 g/mol. The van der Waals surface area contributed by atoms with E-state index in [0.717, 1.165) is 25.2 Å². The van der Waals surface area contributed by atoms with Gasteiger partial charge in [-0.1, -0.05) is 110 Å². The first-order chi connectivity index (χ1) is 15.6. The van der Waals surface area contributed by atoms with Crippen molar-refractivity contribution >= 4 is 11.9 Å². The number of hydrogen-bond donors (Lipinski definition) is 0. The quantitative estimate of drug-likeness (QED) is 0.104. The predicted octanol–water partition coefficient (Wildman–Crippen LogP) is 6.03. The number of ether oxygens (including phenoxy) is 1. The van der Waals surface area contributed by atoms with E-state index in [1.54, 1.807) is 0 Å². The summed E-state index contributed by atoms with van der Waals surface area (Å²) in [4.78, 5) is 23.0. The van der Waals surface area contributed by atoms with Gasteiger partial charge in [-0.3, -0.25) is 4.79 Å². The molecular weight excluding hydrogens is 414 g/mol. The number of rotatable bonds is 23. The number of hydrogen-bond acceptors (Lipinski definition) is 4. The van der Waals surface area contributed by atoms with E-state index in [4.69, 9.17) is 4.74 Å². The van der Waals surface area contributed by atoms with Gasteiger partial charge in [0.15, 0.2) is 6.10 Å². The maximum absolute atomic E-state index is 12.1. The fourth-order valence-electron chi connectivity index (χ4n) is 4.27. The lowest BCUT2D eigenvalue weighted by Crippen LogP contribution is -2.45. The second-order valence-corrected chi connectivity index (χ2v) is 11.2. The number of carbonyl (C=O) groups excluding carboxylic acids is 2. The van der Waals surface area contributed by atoms with Crippen LogP contribution in [-0.2, 0) is 14.3 Å². The van der Waals surface area contributed by atoms with E-state index in [2.05, 4.69) is 13.8 Å². The maximum Gasteiger partial charge on any atom is 0.306 e. The molecule has 0 spiro atoms. The maximum atomic E-state index is 12.1. The Morgan fingerprint density at radius 1 is 0.758 bits per heavy atom. The van der Waals surface area contributed by atoms with Gasteiger partial charge in [0, 0.05) is 18.8 Å². The Morgan fingerprint density at radius 2 is 1.18 bits per heavy atom. The molecule has 0 saturated heterocycles. The molecule has 0 aliphatic carbocycles. The van der Waals surface area contributed by atoms with Crippen LogP contribution in [-0.4, -0.2) is 50.2 Å². The first-order valence-electron chi connectivity index (χ1n) is 13.8. The van der Waals surface area contributed by atoms with Gasteiger partial charge in [-0.05, 0) is 12.3 Å². The van der Waals surface area contributed by atoms with E-state index in [0.29, 0.717) is 17.4 Å². The Kier molecular flexibility index (Phi) is 19.6. The van der Waals surface area contributed by atoms with Crippen molar-refractivity contribution in [3.05, 3.63) is 0 Å². The first-order valence-corrected chi connectivity index (χ1v) is 13.8. The topological polar surface area (TPSA) is 66.4 Å². The number of nitrogens with zero attached hydrogens (tertiary/aromatic N) is 1. The summed E-state index contributed by atoms with van der Waals surface area (Å²) in [6.07, 6.45) is 20.3. The third-order valence-corrected chi connectivity index (χ3v) is 6.47. The smallest absolute Gasteiger partial charge is 0.306 e. The summed E-state index contributed by atoms with van der Waals surface area (Å²) in [6.45, 7) is 5.13. The molecule has 0 fully saturated rings. The summed E-state index contributed by atoms with van der Waals surface area (Å²) in [5, 5.41) is 10.9. The highest BCUT2D eigenvalue weighted by Gasteiger charge is 2.22. The van der Waals surface area contributed by atoms with E-state index < -0.39 is 12.1 Å². The van der Waals surface area contributed by atoms with Crippen molar-refractivity contribution in [1.82, 2.24) is 0 Å². The van der Waals surface area contributed by atoms with Gasteiger partial charge in [0.2, 0.25) is 0 Å². The fourth-order valence-corrected chi connectivity index (χ4v) is 4.27. The molecule has 0 amide bonds. The van der Waals surface area contributed by atoms with Crippen LogP contribution >= 0.6 is 0 Å². The molecular formula is C28H55NO4. The molecule has 196 valence electrons. The van der Waals surface area contributed by atoms with Crippen LogP contribution in [0, 0.1) is 5.92 Å². The number of unbranched alkanes of at least 4 members (excludes halogenated alkanes) is 13. The normalized spacial score (nSPS) is 13.6. The van der Waals surface area contributed by atoms with E-state index >= 15 is 0 Å². The summed E-state index contributed by atoms with van der Waals surface area (Å²) < 4.78 is 5.94. The van der Waals surface area contributed by atoms with Gasteiger partial charge in [0.1, 0.15) is 6.54 Å². The Labute approximate surface area is 205 Å². The standard InChI is InChI=1S/C28H55NO4/c1-6-25(2)21-19-17-15-13-11-9-7-8-10-12-14-16-18-20-22-28(32)33-26(23-27(30)31)24-29(3,4)5/h25-26H,6-24H2,1-5H3. The zero-order valence-corrected chi connectivity index (χ0v) is 22.7. The highest BCUT2D eigenvalue weighted by atomic mass is 16.5. The van der Waals surface area contributed by atoms with Crippen molar-refractivity contribution in [3.63, 3.8) is 0 Å². The Balaban J connectivity index is 3.51. The Bertz CT molecular complexity index is 487. The summed E-state index contributed by atoms with van der Waals surface area (Å²) in [6, 6.07) is 0. The highest BCUT2D eigenvalue weighted by Crippen LogP contribution is 2.16. The lowest BCUT2D eigenvalue weighted by Gasteiger charge is -2.29. The molecule has 0 saturated carbocycles. The van der Waals surface area contributed by atoms with Crippen LogP contribution in [0.15, 0.2) is 0 Å². The minimum Gasteiger partial charge on any atom is -0.550 e. The van der Waals surface area contributed by atoms with Crippen molar-refractivity contribution in [3.8, 4) is 0 Å². The average molecular weight is 470 g/mol. The van der Waals surface area contributed by atoms with Gasteiger partial charge < -0.3 is 19.1 Å². The highest BCUT2D eigenvalue weighted by molar-refractivity contribution is 5.70. The minimum absolute atomic E-state index is 0.236. The molecule has 0 N–H and O–H groups in total. The molecule has 0 aromatic rings. The summed E-state index contributed by atoms with van der Waals surface area (Å²) in [5.41, 5.74) is 0. The Morgan fingerprint density at radius 3 is 1.58 bits per heavy atom.